The molecule has 2 N–H and O–H groups in total. The monoisotopic (exact) mass is 306 g/mol. The van der Waals surface area contributed by atoms with Gasteiger partial charge in [0, 0.05) is 12.3 Å². The van der Waals surface area contributed by atoms with E-state index in [0.717, 1.165) is 5.75 Å². The SMILES string of the molecule is NC(=O)c1ccc(Oc2ccc(Oc3ccccc3)cc2)nc1. The molecular weight excluding hydrogens is 292 g/mol. The van der Waals surface area contributed by atoms with Gasteiger partial charge in [-0.2, -0.15) is 0 Å². The predicted octanol–water partition coefficient (Wildman–Crippen LogP) is 3.77. The third-order valence-corrected chi connectivity index (χ3v) is 3.05. The van der Waals surface area contributed by atoms with Gasteiger partial charge in [-0.05, 0) is 42.5 Å². The number of pyridine rings is 1. The molecule has 0 bridgehead atoms. The lowest BCUT2D eigenvalue weighted by atomic mass is 10.3. The highest BCUT2D eigenvalue weighted by Crippen LogP contribution is 2.25. The van der Waals surface area contributed by atoms with Crippen LogP contribution in [-0.4, -0.2) is 10.9 Å². The fourth-order valence-corrected chi connectivity index (χ4v) is 1.91. The highest BCUT2D eigenvalue weighted by Gasteiger charge is 2.03. The summed E-state index contributed by atoms with van der Waals surface area (Å²) in [5, 5.41) is 0. The van der Waals surface area contributed by atoms with Gasteiger partial charge in [-0.15, -0.1) is 0 Å². The van der Waals surface area contributed by atoms with Crippen LogP contribution in [0.25, 0.3) is 0 Å². The molecule has 1 aromatic heterocycles. The lowest BCUT2D eigenvalue weighted by Gasteiger charge is -2.08. The highest BCUT2D eigenvalue weighted by molar-refractivity contribution is 5.92. The summed E-state index contributed by atoms with van der Waals surface area (Å²) in [5.41, 5.74) is 5.50. The van der Waals surface area contributed by atoms with E-state index in [0.29, 0.717) is 22.9 Å². The van der Waals surface area contributed by atoms with Crippen molar-refractivity contribution in [3.63, 3.8) is 0 Å². The number of para-hydroxylation sites is 1. The van der Waals surface area contributed by atoms with E-state index in [2.05, 4.69) is 4.98 Å². The van der Waals surface area contributed by atoms with Crippen LogP contribution in [0.3, 0.4) is 0 Å². The van der Waals surface area contributed by atoms with Crippen LogP contribution in [-0.2, 0) is 0 Å². The third-order valence-electron chi connectivity index (χ3n) is 3.05. The topological polar surface area (TPSA) is 74.4 Å². The number of nitrogens with zero attached hydrogens (tertiary/aromatic N) is 1. The van der Waals surface area contributed by atoms with E-state index in [9.17, 15) is 4.79 Å². The Bertz CT molecular complexity index is 785. The first kappa shape index (κ1) is 14.6. The van der Waals surface area contributed by atoms with Gasteiger partial charge in [-0.25, -0.2) is 4.98 Å². The van der Waals surface area contributed by atoms with Gasteiger partial charge in [0.15, 0.2) is 0 Å². The van der Waals surface area contributed by atoms with E-state index in [-0.39, 0.29) is 0 Å². The van der Waals surface area contributed by atoms with E-state index in [1.54, 1.807) is 36.4 Å². The van der Waals surface area contributed by atoms with Gasteiger partial charge >= 0.3 is 0 Å². The smallest absolute Gasteiger partial charge is 0.250 e. The molecule has 23 heavy (non-hydrogen) atoms. The normalized spacial score (nSPS) is 10.1. The molecule has 1 amide bonds. The molecule has 5 nitrogen and oxygen atoms in total. The summed E-state index contributed by atoms with van der Waals surface area (Å²) in [4.78, 5) is 15.0. The van der Waals surface area contributed by atoms with Gasteiger partial charge in [0.1, 0.15) is 17.2 Å². The van der Waals surface area contributed by atoms with E-state index in [1.807, 2.05) is 30.3 Å². The van der Waals surface area contributed by atoms with Crippen molar-refractivity contribution in [3.8, 4) is 23.1 Å². The number of carbonyl (C=O) groups is 1. The molecule has 0 fully saturated rings. The molecule has 0 saturated heterocycles. The van der Waals surface area contributed by atoms with E-state index in [4.69, 9.17) is 15.2 Å². The zero-order valence-electron chi connectivity index (χ0n) is 12.2. The Hall–Kier alpha value is -3.34. The van der Waals surface area contributed by atoms with E-state index in [1.165, 1.54) is 6.20 Å². The molecule has 0 aliphatic heterocycles. The Morgan fingerprint density at radius 1 is 0.783 bits per heavy atom. The van der Waals surface area contributed by atoms with Crippen LogP contribution in [0.1, 0.15) is 10.4 Å². The van der Waals surface area contributed by atoms with Crippen molar-refractivity contribution in [1.82, 2.24) is 4.98 Å². The number of carbonyl (C=O) groups excluding carboxylic acids is 1. The largest absolute Gasteiger partial charge is 0.457 e. The number of ether oxygens (including phenoxy) is 2. The number of benzene rings is 2. The molecule has 0 spiro atoms. The quantitative estimate of drug-likeness (QED) is 0.778. The maximum atomic E-state index is 11.0. The number of aromatic nitrogens is 1. The number of amides is 1. The van der Waals surface area contributed by atoms with Gasteiger partial charge in [0.05, 0.1) is 5.56 Å². The molecule has 0 aliphatic rings. The average Bonchev–Trinajstić information content (AvgIpc) is 2.58. The molecule has 114 valence electrons. The average molecular weight is 306 g/mol. The molecule has 1 heterocycles. The lowest BCUT2D eigenvalue weighted by Crippen LogP contribution is -2.10. The number of hydrogen-bond acceptors (Lipinski definition) is 4. The molecule has 3 aromatic rings. The van der Waals surface area contributed by atoms with Crippen LogP contribution in [0.15, 0.2) is 72.9 Å². The maximum Gasteiger partial charge on any atom is 0.250 e. The number of hydrogen-bond donors (Lipinski definition) is 1. The van der Waals surface area contributed by atoms with Crippen molar-refractivity contribution in [3.05, 3.63) is 78.5 Å². The van der Waals surface area contributed by atoms with Crippen LogP contribution in [0.5, 0.6) is 23.1 Å². The molecule has 5 heteroatoms. The first-order valence-electron chi connectivity index (χ1n) is 6.97. The fraction of sp³-hybridized carbons (Fsp3) is 0. The van der Waals surface area contributed by atoms with Crippen LogP contribution < -0.4 is 15.2 Å². The van der Waals surface area contributed by atoms with Crippen molar-refractivity contribution in [2.75, 3.05) is 0 Å². The summed E-state index contributed by atoms with van der Waals surface area (Å²) in [6.07, 6.45) is 1.38. The van der Waals surface area contributed by atoms with Crippen LogP contribution in [0.2, 0.25) is 0 Å². The van der Waals surface area contributed by atoms with Crippen molar-refractivity contribution in [1.29, 1.82) is 0 Å². The fourth-order valence-electron chi connectivity index (χ4n) is 1.91. The molecule has 0 unspecified atom stereocenters. The zero-order chi connectivity index (χ0) is 16.1. The molecule has 0 atom stereocenters. The van der Waals surface area contributed by atoms with Crippen molar-refractivity contribution >= 4 is 5.91 Å². The van der Waals surface area contributed by atoms with Crippen molar-refractivity contribution in [2.24, 2.45) is 5.73 Å². The summed E-state index contributed by atoms with van der Waals surface area (Å²) in [7, 11) is 0. The number of rotatable bonds is 5. The Balaban J connectivity index is 1.66. The first-order valence-corrected chi connectivity index (χ1v) is 6.97. The molecular formula is C18H14N2O3. The van der Waals surface area contributed by atoms with Gasteiger partial charge in [-0.1, -0.05) is 18.2 Å². The lowest BCUT2D eigenvalue weighted by molar-refractivity contribution is 0.1000. The predicted molar refractivity (Wildman–Crippen MR) is 85.8 cm³/mol. The van der Waals surface area contributed by atoms with Gasteiger partial charge in [-0.3, -0.25) is 4.79 Å². The van der Waals surface area contributed by atoms with Crippen LogP contribution >= 0.6 is 0 Å². The zero-order valence-corrected chi connectivity index (χ0v) is 12.2. The Morgan fingerprint density at radius 3 is 1.96 bits per heavy atom. The second-order valence-corrected chi connectivity index (χ2v) is 4.74. The van der Waals surface area contributed by atoms with E-state index >= 15 is 0 Å². The summed E-state index contributed by atoms with van der Waals surface area (Å²) < 4.78 is 11.3. The molecule has 0 radical (unpaired) electrons. The van der Waals surface area contributed by atoms with Gasteiger partial charge in [0.2, 0.25) is 11.8 Å². The molecule has 0 saturated carbocycles. The third kappa shape index (κ3) is 3.85. The van der Waals surface area contributed by atoms with Crippen molar-refractivity contribution in [2.45, 2.75) is 0 Å². The van der Waals surface area contributed by atoms with Crippen molar-refractivity contribution < 1.29 is 14.3 Å². The van der Waals surface area contributed by atoms with Crippen LogP contribution in [0, 0.1) is 0 Å². The summed E-state index contributed by atoms with van der Waals surface area (Å²) in [6, 6.07) is 19.8. The maximum absolute atomic E-state index is 11.0. The minimum absolute atomic E-state index is 0.337. The van der Waals surface area contributed by atoms with E-state index < -0.39 is 5.91 Å². The van der Waals surface area contributed by atoms with Gasteiger partial charge < -0.3 is 15.2 Å². The molecule has 3 rings (SSSR count). The first-order chi connectivity index (χ1) is 11.2. The molecule has 2 aromatic carbocycles. The highest BCUT2D eigenvalue weighted by atomic mass is 16.5. The second kappa shape index (κ2) is 6.62. The van der Waals surface area contributed by atoms with Gasteiger partial charge in [0.25, 0.3) is 0 Å². The minimum Gasteiger partial charge on any atom is -0.457 e. The molecule has 0 aliphatic carbocycles. The Kier molecular flexibility index (Phi) is 4.20. The standard InChI is InChI=1S/C18H14N2O3/c19-18(21)13-6-11-17(20-12-13)23-16-9-7-15(8-10-16)22-14-4-2-1-3-5-14/h1-12H,(H2,19,21). The minimum atomic E-state index is -0.522. The second-order valence-electron chi connectivity index (χ2n) is 4.74. The Labute approximate surface area is 133 Å². The summed E-state index contributed by atoms with van der Waals surface area (Å²) >= 11 is 0. The number of primary amides is 1. The number of nitrogens with two attached hydrogens (primary N) is 1. The van der Waals surface area contributed by atoms with Crippen LogP contribution in [0.4, 0.5) is 0 Å². The Morgan fingerprint density at radius 2 is 1.39 bits per heavy atom. The summed E-state index contributed by atoms with van der Waals surface area (Å²) in [6.45, 7) is 0. The summed E-state index contributed by atoms with van der Waals surface area (Å²) in [5.74, 6) is 1.95.